The number of nitrogens with two attached hydrogens (primary N) is 1. The second-order valence-electron chi connectivity index (χ2n) is 3.45. The van der Waals surface area contributed by atoms with Crippen molar-refractivity contribution in [2.24, 2.45) is 11.7 Å². The predicted molar refractivity (Wildman–Crippen MR) is 48.1 cm³/mol. The lowest BCUT2D eigenvalue weighted by molar-refractivity contribution is 0.212. The molecule has 14 heavy (non-hydrogen) atoms. The van der Waals surface area contributed by atoms with Gasteiger partial charge in [-0.2, -0.15) is 0 Å². The average molecular weight is 199 g/mol. The Balaban J connectivity index is 2.40. The Labute approximate surface area is 80.7 Å². The largest absolute Gasteiger partial charge is 0.490 e. The predicted octanol–water partition coefficient (Wildman–Crippen LogP) is 1.47. The van der Waals surface area contributed by atoms with Gasteiger partial charge in [0, 0.05) is 11.5 Å². The van der Waals surface area contributed by atoms with Crippen LogP contribution in [0.2, 0.25) is 0 Å². The van der Waals surface area contributed by atoms with Crippen molar-refractivity contribution in [2.75, 3.05) is 13.2 Å². The van der Waals surface area contributed by atoms with E-state index in [0.29, 0.717) is 25.1 Å². The van der Waals surface area contributed by atoms with Crippen molar-refractivity contribution in [3.63, 3.8) is 0 Å². The third kappa shape index (κ3) is 1.46. The van der Waals surface area contributed by atoms with Crippen LogP contribution in [0.25, 0.3) is 0 Å². The van der Waals surface area contributed by atoms with Crippen LogP contribution >= 0.6 is 0 Å². The Bertz CT molecular complexity index is 354. The van der Waals surface area contributed by atoms with E-state index in [4.69, 9.17) is 10.5 Å². The van der Waals surface area contributed by atoms with Gasteiger partial charge in [-0.15, -0.1) is 0 Å². The second kappa shape index (κ2) is 3.53. The molecule has 0 aromatic heterocycles. The van der Waals surface area contributed by atoms with Crippen LogP contribution in [0.15, 0.2) is 12.1 Å². The number of hydrogen-bond donors (Lipinski definition) is 1. The quantitative estimate of drug-likeness (QED) is 0.743. The zero-order valence-corrected chi connectivity index (χ0v) is 7.59. The molecule has 0 aliphatic carbocycles. The first-order chi connectivity index (χ1) is 6.72. The van der Waals surface area contributed by atoms with Gasteiger partial charge in [0.2, 0.25) is 0 Å². The molecular weight excluding hydrogens is 188 g/mol. The number of ether oxygens (including phenoxy) is 1. The van der Waals surface area contributed by atoms with E-state index in [2.05, 4.69) is 0 Å². The summed E-state index contributed by atoms with van der Waals surface area (Å²) in [6.07, 6.45) is 0.454. The van der Waals surface area contributed by atoms with Crippen molar-refractivity contribution in [3.05, 3.63) is 29.3 Å². The molecule has 76 valence electrons. The minimum atomic E-state index is -0.503. The van der Waals surface area contributed by atoms with Gasteiger partial charge in [-0.05, 0) is 25.1 Å². The molecule has 0 saturated carbocycles. The van der Waals surface area contributed by atoms with Gasteiger partial charge >= 0.3 is 0 Å². The van der Waals surface area contributed by atoms with Crippen LogP contribution in [0.3, 0.4) is 0 Å². The van der Waals surface area contributed by atoms with Gasteiger partial charge in [0.05, 0.1) is 6.61 Å². The molecule has 0 fully saturated rings. The molecular formula is C10H11F2NO. The fraction of sp³-hybridized carbons (Fsp3) is 0.400. The molecule has 4 heteroatoms. The highest BCUT2D eigenvalue weighted by Gasteiger charge is 2.24. The maximum atomic E-state index is 13.3. The van der Waals surface area contributed by atoms with Gasteiger partial charge in [0.25, 0.3) is 0 Å². The van der Waals surface area contributed by atoms with Crippen molar-refractivity contribution in [2.45, 2.75) is 6.42 Å². The van der Waals surface area contributed by atoms with Gasteiger partial charge in [-0.1, -0.05) is 0 Å². The van der Waals surface area contributed by atoms with Crippen LogP contribution in [0.4, 0.5) is 8.78 Å². The van der Waals surface area contributed by atoms with Crippen molar-refractivity contribution >= 4 is 0 Å². The average Bonchev–Trinajstić information content (AvgIpc) is 2.23. The monoisotopic (exact) mass is 199 g/mol. The van der Waals surface area contributed by atoms with Gasteiger partial charge in [-0.3, -0.25) is 0 Å². The van der Waals surface area contributed by atoms with Crippen LogP contribution in [0.5, 0.6) is 5.75 Å². The highest BCUT2D eigenvalue weighted by atomic mass is 19.1. The maximum absolute atomic E-state index is 13.3. The van der Waals surface area contributed by atoms with E-state index in [1.54, 1.807) is 0 Å². The molecule has 1 aromatic rings. The fourth-order valence-corrected chi connectivity index (χ4v) is 1.62. The van der Waals surface area contributed by atoms with Crippen molar-refractivity contribution in [1.82, 2.24) is 0 Å². The molecule has 0 spiro atoms. The van der Waals surface area contributed by atoms with Gasteiger partial charge in [-0.25, -0.2) is 8.78 Å². The summed E-state index contributed by atoms with van der Waals surface area (Å²) in [6.45, 7) is 0.791. The van der Waals surface area contributed by atoms with Crippen LogP contribution in [-0.2, 0) is 6.42 Å². The molecule has 0 radical (unpaired) electrons. The molecule has 1 aliphatic heterocycles. The highest BCUT2D eigenvalue weighted by molar-refractivity contribution is 5.38. The van der Waals surface area contributed by atoms with Gasteiger partial charge < -0.3 is 10.5 Å². The fourth-order valence-electron chi connectivity index (χ4n) is 1.62. The summed E-state index contributed by atoms with van der Waals surface area (Å²) in [4.78, 5) is 0. The number of halogens is 2. The first-order valence-electron chi connectivity index (χ1n) is 4.52. The van der Waals surface area contributed by atoms with E-state index in [1.165, 1.54) is 0 Å². The smallest absolute Gasteiger partial charge is 0.165 e. The van der Waals surface area contributed by atoms with Gasteiger partial charge in [0.15, 0.2) is 11.6 Å². The molecule has 0 bridgehead atoms. The topological polar surface area (TPSA) is 35.2 Å². The Morgan fingerprint density at radius 3 is 2.79 bits per heavy atom. The summed E-state index contributed by atoms with van der Waals surface area (Å²) in [5.41, 5.74) is 5.76. The van der Waals surface area contributed by atoms with Crippen molar-refractivity contribution in [1.29, 1.82) is 0 Å². The summed E-state index contributed by atoms with van der Waals surface area (Å²) < 4.78 is 31.6. The molecule has 0 saturated heterocycles. The Kier molecular flexibility index (Phi) is 2.37. The number of benzene rings is 1. The van der Waals surface area contributed by atoms with E-state index in [1.807, 2.05) is 0 Å². The van der Waals surface area contributed by atoms with E-state index < -0.39 is 11.6 Å². The van der Waals surface area contributed by atoms with Crippen LogP contribution < -0.4 is 10.5 Å². The van der Waals surface area contributed by atoms with E-state index in [9.17, 15) is 8.78 Å². The highest BCUT2D eigenvalue weighted by Crippen LogP contribution is 2.31. The summed E-state index contributed by atoms with van der Waals surface area (Å²) in [5, 5.41) is 0. The lowest BCUT2D eigenvalue weighted by Gasteiger charge is -2.24. The standard InChI is InChI=1S/C10H11F2NO/c11-8-1-2-9(12)10-7(8)3-6(4-13)5-14-10/h1-2,6H,3-5,13H2. The lowest BCUT2D eigenvalue weighted by atomic mass is 9.96. The minimum Gasteiger partial charge on any atom is -0.490 e. The summed E-state index contributed by atoms with van der Waals surface area (Å²) in [5.74, 6) is -0.787. The van der Waals surface area contributed by atoms with E-state index in [0.717, 1.165) is 12.1 Å². The van der Waals surface area contributed by atoms with Crippen molar-refractivity contribution in [3.8, 4) is 5.75 Å². The molecule has 1 atom stereocenters. The molecule has 0 amide bonds. The molecule has 2 N–H and O–H groups in total. The SMILES string of the molecule is NCC1COc2c(F)ccc(F)c2C1. The zero-order valence-electron chi connectivity index (χ0n) is 7.59. The summed E-state index contributed by atoms with van der Waals surface area (Å²) in [6, 6.07) is 2.20. The van der Waals surface area contributed by atoms with E-state index >= 15 is 0 Å². The molecule has 2 rings (SSSR count). The number of fused-ring (bicyclic) bond motifs is 1. The van der Waals surface area contributed by atoms with Crippen molar-refractivity contribution < 1.29 is 13.5 Å². The number of hydrogen-bond acceptors (Lipinski definition) is 2. The van der Waals surface area contributed by atoms with Gasteiger partial charge in [0.1, 0.15) is 5.82 Å². The third-order valence-electron chi connectivity index (χ3n) is 2.44. The molecule has 1 aliphatic rings. The molecule has 1 heterocycles. The zero-order chi connectivity index (χ0) is 10.1. The maximum Gasteiger partial charge on any atom is 0.165 e. The summed E-state index contributed by atoms with van der Waals surface area (Å²) >= 11 is 0. The molecule has 1 unspecified atom stereocenters. The Morgan fingerprint density at radius 2 is 2.07 bits per heavy atom. The molecule has 2 nitrogen and oxygen atoms in total. The Hall–Kier alpha value is -1.16. The lowest BCUT2D eigenvalue weighted by Crippen LogP contribution is -2.28. The number of rotatable bonds is 1. The second-order valence-corrected chi connectivity index (χ2v) is 3.45. The van der Waals surface area contributed by atoms with Crippen LogP contribution in [0, 0.1) is 17.6 Å². The van der Waals surface area contributed by atoms with Crippen LogP contribution in [-0.4, -0.2) is 13.2 Å². The molecule has 1 aromatic carbocycles. The Morgan fingerprint density at radius 1 is 1.36 bits per heavy atom. The first-order valence-corrected chi connectivity index (χ1v) is 4.52. The normalized spacial score (nSPS) is 20.1. The minimum absolute atomic E-state index is 0.0506. The van der Waals surface area contributed by atoms with E-state index in [-0.39, 0.29) is 11.7 Å². The first kappa shape index (κ1) is 9.40. The van der Waals surface area contributed by atoms with Crippen LogP contribution in [0.1, 0.15) is 5.56 Å². The summed E-state index contributed by atoms with van der Waals surface area (Å²) in [7, 11) is 0. The third-order valence-corrected chi connectivity index (χ3v) is 2.44.